The molecule has 1 amide bonds. The number of halogens is 1. The van der Waals surface area contributed by atoms with Crippen molar-refractivity contribution in [3.05, 3.63) is 76.1 Å². The van der Waals surface area contributed by atoms with Crippen molar-refractivity contribution in [2.45, 2.75) is 20.8 Å². The molecule has 0 saturated carbocycles. The van der Waals surface area contributed by atoms with Crippen LogP contribution in [0.1, 0.15) is 27.2 Å². The van der Waals surface area contributed by atoms with Gasteiger partial charge < -0.3 is 10.1 Å². The maximum atomic E-state index is 12.9. The molecule has 0 aliphatic rings. The Morgan fingerprint density at radius 2 is 1.90 bits per heavy atom. The lowest BCUT2D eigenvalue weighted by atomic mass is 10.1. The zero-order valence-electron chi connectivity index (χ0n) is 17.2. The molecule has 2 aromatic heterocycles. The summed E-state index contributed by atoms with van der Waals surface area (Å²) in [4.78, 5) is 17.4. The lowest BCUT2D eigenvalue weighted by Crippen LogP contribution is -2.13. The largest absolute Gasteiger partial charge is 0.497 e. The van der Waals surface area contributed by atoms with E-state index in [2.05, 4.69) is 15.4 Å². The first kappa shape index (κ1) is 19.9. The van der Waals surface area contributed by atoms with Crippen LogP contribution in [-0.4, -0.2) is 27.8 Å². The summed E-state index contributed by atoms with van der Waals surface area (Å²) in [6, 6.07) is 13.3. The zero-order valence-corrected chi connectivity index (χ0v) is 17.9. The van der Waals surface area contributed by atoms with Gasteiger partial charge in [-0.15, -0.1) is 0 Å². The summed E-state index contributed by atoms with van der Waals surface area (Å²) in [5.74, 6) is 0.399. The van der Waals surface area contributed by atoms with Gasteiger partial charge in [-0.2, -0.15) is 5.10 Å². The van der Waals surface area contributed by atoms with Crippen LogP contribution in [0.15, 0.2) is 48.7 Å². The number of aromatic nitrogens is 3. The molecule has 1 N–H and O–H groups in total. The third kappa shape index (κ3) is 3.50. The first-order valence-electron chi connectivity index (χ1n) is 9.46. The van der Waals surface area contributed by atoms with Gasteiger partial charge in [0.05, 0.1) is 34.5 Å². The number of pyridine rings is 1. The second-order valence-corrected chi connectivity index (χ2v) is 7.51. The number of hydrogen-bond donors (Lipinski definition) is 1. The van der Waals surface area contributed by atoms with E-state index in [1.807, 2.05) is 63.2 Å². The number of fused-ring (bicyclic) bond motifs is 1. The van der Waals surface area contributed by atoms with Gasteiger partial charge in [0, 0.05) is 18.0 Å². The topological polar surface area (TPSA) is 69.0 Å². The molecule has 0 spiro atoms. The van der Waals surface area contributed by atoms with Gasteiger partial charge >= 0.3 is 0 Å². The van der Waals surface area contributed by atoms with E-state index in [0.29, 0.717) is 38.8 Å². The SMILES string of the molecule is COc1cccc(-n2nc(C)c3c(Cl)c(C(=O)Nc4ccc(C)c(C)c4)cnc32)c1. The minimum absolute atomic E-state index is 0.302. The fourth-order valence-electron chi connectivity index (χ4n) is 3.31. The minimum atomic E-state index is -0.314. The number of anilines is 1. The standard InChI is InChI=1S/C23H21ClN4O2/c1-13-8-9-16(10-14(13)2)26-23(29)19-12-25-22-20(21(19)24)15(3)27-28(22)17-6-5-7-18(11-17)30-4/h5-12H,1-4H3,(H,26,29). The molecule has 30 heavy (non-hydrogen) atoms. The van der Waals surface area contributed by atoms with Crippen molar-refractivity contribution in [1.82, 2.24) is 14.8 Å². The van der Waals surface area contributed by atoms with Crippen molar-refractivity contribution in [2.24, 2.45) is 0 Å². The summed E-state index contributed by atoms with van der Waals surface area (Å²) in [5, 5.41) is 8.45. The van der Waals surface area contributed by atoms with E-state index in [9.17, 15) is 4.79 Å². The quantitative estimate of drug-likeness (QED) is 0.489. The van der Waals surface area contributed by atoms with Crippen LogP contribution < -0.4 is 10.1 Å². The summed E-state index contributed by atoms with van der Waals surface area (Å²) in [6.45, 7) is 5.87. The third-order valence-electron chi connectivity index (χ3n) is 5.12. The fourth-order valence-corrected chi connectivity index (χ4v) is 3.66. The zero-order chi connectivity index (χ0) is 21.4. The van der Waals surface area contributed by atoms with E-state index in [1.54, 1.807) is 11.8 Å². The summed E-state index contributed by atoms with van der Waals surface area (Å²) < 4.78 is 7.00. The molecule has 0 bridgehead atoms. The highest BCUT2D eigenvalue weighted by Crippen LogP contribution is 2.31. The molecule has 2 aromatic carbocycles. The molecule has 152 valence electrons. The highest BCUT2D eigenvalue weighted by molar-refractivity contribution is 6.39. The number of nitrogens with one attached hydrogen (secondary N) is 1. The van der Waals surface area contributed by atoms with Gasteiger partial charge in [0.2, 0.25) is 0 Å². The van der Waals surface area contributed by atoms with Gasteiger partial charge in [0.1, 0.15) is 5.75 Å². The molecule has 0 aliphatic carbocycles. The Labute approximate surface area is 179 Å². The Hall–Kier alpha value is -3.38. The van der Waals surface area contributed by atoms with E-state index in [-0.39, 0.29) is 5.91 Å². The third-order valence-corrected chi connectivity index (χ3v) is 5.51. The van der Waals surface area contributed by atoms with Gasteiger partial charge in [-0.1, -0.05) is 23.7 Å². The maximum Gasteiger partial charge on any atom is 0.258 e. The fraction of sp³-hybridized carbons (Fsp3) is 0.174. The average Bonchev–Trinajstić information content (AvgIpc) is 3.08. The molecule has 0 saturated heterocycles. The van der Waals surface area contributed by atoms with E-state index in [1.165, 1.54) is 6.20 Å². The van der Waals surface area contributed by atoms with Crippen LogP contribution in [0.4, 0.5) is 5.69 Å². The summed E-state index contributed by atoms with van der Waals surface area (Å²) >= 11 is 6.64. The summed E-state index contributed by atoms with van der Waals surface area (Å²) in [7, 11) is 1.61. The number of ether oxygens (including phenoxy) is 1. The van der Waals surface area contributed by atoms with Crippen LogP contribution in [0.5, 0.6) is 5.75 Å². The average molecular weight is 421 g/mol. The summed E-state index contributed by atoms with van der Waals surface area (Å²) in [6.07, 6.45) is 1.48. The Balaban J connectivity index is 1.74. The van der Waals surface area contributed by atoms with Crippen molar-refractivity contribution in [1.29, 1.82) is 0 Å². The van der Waals surface area contributed by atoms with Crippen LogP contribution >= 0.6 is 11.6 Å². The maximum absolute atomic E-state index is 12.9. The lowest BCUT2D eigenvalue weighted by molar-refractivity contribution is 0.102. The minimum Gasteiger partial charge on any atom is -0.497 e. The molecule has 0 radical (unpaired) electrons. The smallest absolute Gasteiger partial charge is 0.258 e. The van der Waals surface area contributed by atoms with Gasteiger partial charge in [0.25, 0.3) is 5.91 Å². The van der Waals surface area contributed by atoms with E-state index in [0.717, 1.165) is 16.8 Å². The van der Waals surface area contributed by atoms with Gasteiger partial charge in [-0.25, -0.2) is 9.67 Å². The van der Waals surface area contributed by atoms with E-state index < -0.39 is 0 Å². The first-order valence-corrected chi connectivity index (χ1v) is 9.83. The highest BCUT2D eigenvalue weighted by atomic mass is 35.5. The number of carbonyl (C=O) groups is 1. The van der Waals surface area contributed by atoms with Crippen molar-refractivity contribution in [3.63, 3.8) is 0 Å². The molecule has 2 heterocycles. The first-order chi connectivity index (χ1) is 14.4. The molecule has 0 aliphatic heterocycles. The second kappa shape index (κ2) is 7.80. The number of hydrogen-bond acceptors (Lipinski definition) is 4. The number of nitrogens with zero attached hydrogens (tertiary/aromatic N) is 3. The predicted molar refractivity (Wildman–Crippen MR) is 119 cm³/mol. The second-order valence-electron chi connectivity index (χ2n) is 7.14. The Morgan fingerprint density at radius 3 is 2.63 bits per heavy atom. The number of aryl methyl sites for hydroxylation is 3. The molecule has 0 atom stereocenters. The molecule has 0 fully saturated rings. The highest BCUT2D eigenvalue weighted by Gasteiger charge is 2.20. The van der Waals surface area contributed by atoms with E-state index in [4.69, 9.17) is 16.3 Å². The van der Waals surface area contributed by atoms with Crippen LogP contribution in [0.3, 0.4) is 0 Å². The Kier molecular flexibility index (Phi) is 5.18. The number of benzene rings is 2. The molecule has 0 unspecified atom stereocenters. The van der Waals surface area contributed by atoms with Gasteiger partial charge in [-0.3, -0.25) is 4.79 Å². The Morgan fingerprint density at radius 1 is 1.10 bits per heavy atom. The van der Waals surface area contributed by atoms with E-state index >= 15 is 0 Å². The molecular weight excluding hydrogens is 400 g/mol. The number of methoxy groups -OCH3 is 1. The van der Waals surface area contributed by atoms with Crippen molar-refractivity contribution in [2.75, 3.05) is 12.4 Å². The molecule has 4 rings (SSSR count). The number of rotatable bonds is 4. The lowest BCUT2D eigenvalue weighted by Gasteiger charge is -2.10. The van der Waals surface area contributed by atoms with Crippen LogP contribution in [0.25, 0.3) is 16.7 Å². The van der Waals surface area contributed by atoms with Crippen LogP contribution in [-0.2, 0) is 0 Å². The van der Waals surface area contributed by atoms with Gasteiger partial charge in [0.15, 0.2) is 5.65 Å². The molecule has 7 heteroatoms. The van der Waals surface area contributed by atoms with Crippen molar-refractivity contribution < 1.29 is 9.53 Å². The number of carbonyl (C=O) groups excluding carboxylic acids is 1. The normalized spacial score (nSPS) is 11.0. The molecule has 6 nitrogen and oxygen atoms in total. The van der Waals surface area contributed by atoms with Crippen molar-refractivity contribution >= 4 is 34.2 Å². The monoisotopic (exact) mass is 420 g/mol. The number of amides is 1. The molecular formula is C23H21ClN4O2. The van der Waals surface area contributed by atoms with Crippen LogP contribution in [0, 0.1) is 20.8 Å². The Bertz CT molecular complexity index is 1280. The summed E-state index contributed by atoms with van der Waals surface area (Å²) in [5.41, 5.74) is 5.33. The van der Waals surface area contributed by atoms with Gasteiger partial charge in [-0.05, 0) is 56.2 Å². The molecule has 4 aromatic rings. The van der Waals surface area contributed by atoms with Crippen LogP contribution in [0.2, 0.25) is 5.02 Å². The predicted octanol–water partition coefficient (Wildman–Crippen LogP) is 5.26. The van der Waals surface area contributed by atoms with Crippen molar-refractivity contribution in [3.8, 4) is 11.4 Å².